The minimum atomic E-state index is -3.18. The fourth-order valence-electron chi connectivity index (χ4n) is 2.31. The first-order valence-electron chi connectivity index (χ1n) is 6.33. The number of benzene rings is 1. The van der Waals surface area contributed by atoms with E-state index in [0.717, 1.165) is 19.2 Å². The fourth-order valence-corrected chi connectivity index (χ4v) is 2.87. The van der Waals surface area contributed by atoms with Crippen LogP contribution in [0.1, 0.15) is 24.8 Å². The van der Waals surface area contributed by atoms with Crippen LogP contribution in [-0.2, 0) is 16.4 Å². The van der Waals surface area contributed by atoms with E-state index >= 15 is 0 Å². The summed E-state index contributed by atoms with van der Waals surface area (Å²) in [5.41, 5.74) is 1.87. The molecule has 4 nitrogen and oxygen atoms in total. The van der Waals surface area contributed by atoms with Gasteiger partial charge in [-0.3, -0.25) is 4.72 Å². The van der Waals surface area contributed by atoms with Gasteiger partial charge in [0.25, 0.3) is 0 Å². The van der Waals surface area contributed by atoms with Crippen LogP contribution in [0.15, 0.2) is 24.3 Å². The van der Waals surface area contributed by atoms with E-state index in [4.69, 9.17) is 0 Å². The van der Waals surface area contributed by atoms with Gasteiger partial charge in [-0.15, -0.1) is 0 Å². The third-order valence-electron chi connectivity index (χ3n) is 3.15. The molecule has 100 valence electrons. The van der Waals surface area contributed by atoms with Crippen LogP contribution >= 0.6 is 0 Å². The van der Waals surface area contributed by atoms with Crippen LogP contribution in [0.5, 0.6) is 0 Å². The molecule has 0 saturated carbocycles. The van der Waals surface area contributed by atoms with Gasteiger partial charge in [-0.1, -0.05) is 18.6 Å². The van der Waals surface area contributed by atoms with E-state index in [9.17, 15) is 8.42 Å². The van der Waals surface area contributed by atoms with Crippen molar-refractivity contribution < 1.29 is 8.42 Å². The molecule has 1 fully saturated rings. The second kappa shape index (κ2) is 5.71. The van der Waals surface area contributed by atoms with Crippen LogP contribution in [0.3, 0.4) is 0 Å². The summed E-state index contributed by atoms with van der Waals surface area (Å²) in [7, 11) is -3.18. The molecule has 1 aliphatic rings. The van der Waals surface area contributed by atoms with E-state index in [1.807, 2.05) is 24.3 Å². The molecular formula is C13H20N2O2S. The molecule has 5 heteroatoms. The van der Waals surface area contributed by atoms with Crippen molar-refractivity contribution in [1.29, 1.82) is 0 Å². The first-order valence-corrected chi connectivity index (χ1v) is 8.22. The summed E-state index contributed by atoms with van der Waals surface area (Å²) < 4.78 is 24.6. The molecule has 0 radical (unpaired) electrons. The Morgan fingerprint density at radius 3 is 2.56 bits per heavy atom. The Labute approximate surface area is 109 Å². The van der Waals surface area contributed by atoms with E-state index in [1.54, 1.807) is 0 Å². The van der Waals surface area contributed by atoms with E-state index in [0.29, 0.717) is 11.7 Å². The van der Waals surface area contributed by atoms with Gasteiger partial charge in [0.1, 0.15) is 0 Å². The normalized spacial score (nSPS) is 20.6. The standard InChI is InChI=1S/C13H20N2O2S/c1-18(16,17)15-12-7-5-11(6-8-12)10-13-4-2-3-9-14-13/h5-8,13-15H,2-4,9-10H2,1H3. The summed E-state index contributed by atoms with van der Waals surface area (Å²) in [6, 6.07) is 8.18. The zero-order valence-electron chi connectivity index (χ0n) is 10.6. The van der Waals surface area contributed by atoms with Crippen molar-refractivity contribution in [2.24, 2.45) is 0 Å². The summed E-state index contributed by atoms with van der Waals surface area (Å²) in [4.78, 5) is 0. The smallest absolute Gasteiger partial charge is 0.229 e. The second-order valence-electron chi connectivity index (χ2n) is 4.92. The largest absolute Gasteiger partial charge is 0.314 e. The Kier molecular flexibility index (Phi) is 4.24. The van der Waals surface area contributed by atoms with Crippen LogP contribution in [-0.4, -0.2) is 27.3 Å². The van der Waals surface area contributed by atoms with Gasteiger partial charge in [0.05, 0.1) is 6.26 Å². The molecule has 0 bridgehead atoms. The molecule has 1 atom stereocenters. The number of sulfonamides is 1. The molecule has 0 spiro atoms. The Bertz CT molecular complexity index is 476. The summed E-state index contributed by atoms with van der Waals surface area (Å²) in [6.07, 6.45) is 5.97. The summed E-state index contributed by atoms with van der Waals surface area (Å²) >= 11 is 0. The number of hydrogen-bond donors (Lipinski definition) is 2. The van der Waals surface area contributed by atoms with Crippen LogP contribution in [0.2, 0.25) is 0 Å². The van der Waals surface area contributed by atoms with E-state index in [1.165, 1.54) is 24.8 Å². The first-order chi connectivity index (χ1) is 8.53. The molecule has 1 unspecified atom stereocenters. The summed E-state index contributed by atoms with van der Waals surface area (Å²) in [6.45, 7) is 1.11. The fraction of sp³-hybridized carbons (Fsp3) is 0.538. The van der Waals surface area contributed by atoms with Crippen molar-refractivity contribution in [3.05, 3.63) is 29.8 Å². The molecule has 1 aromatic rings. The Morgan fingerprint density at radius 2 is 2.00 bits per heavy atom. The lowest BCUT2D eigenvalue weighted by Crippen LogP contribution is -2.35. The number of rotatable bonds is 4. The van der Waals surface area contributed by atoms with Crippen molar-refractivity contribution in [3.63, 3.8) is 0 Å². The van der Waals surface area contributed by atoms with Crippen molar-refractivity contribution in [1.82, 2.24) is 5.32 Å². The van der Waals surface area contributed by atoms with Crippen LogP contribution < -0.4 is 10.0 Å². The van der Waals surface area contributed by atoms with Gasteiger partial charge in [0, 0.05) is 11.7 Å². The van der Waals surface area contributed by atoms with Gasteiger partial charge in [0.2, 0.25) is 10.0 Å². The molecule has 0 aromatic heterocycles. The molecule has 1 saturated heterocycles. The number of hydrogen-bond acceptors (Lipinski definition) is 3. The molecule has 0 amide bonds. The number of nitrogens with one attached hydrogen (secondary N) is 2. The van der Waals surface area contributed by atoms with Gasteiger partial charge < -0.3 is 5.32 Å². The zero-order chi connectivity index (χ0) is 13.0. The predicted molar refractivity (Wildman–Crippen MR) is 74.3 cm³/mol. The average molecular weight is 268 g/mol. The van der Waals surface area contributed by atoms with Gasteiger partial charge in [-0.25, -0.2) is 8.42 Å². The topological polar surface area (TPSA) is 58.2 Å². The van der Waals surface area contributed by atoms with Crippen LogP contribution in [0, 0.1) is 0 Å². The van der Waals surface area contributed by atoms with Crippen molar-refractivity contribution in [2.75, 3.05) is 17.5 Å². The van der Waals surface area contributed by atoms with Crippen molar-refractivity contribution in [3.8, 4) is 0 Å². The number of piperidine rings is 1. The third-order valence-corrected chi connectivity index (χ3v) is 3.76. The molecule has 1 heterocycles. The van der Waals surface area contributed by atoms with Crippen LogP contribution in [0.25, 0.3) is 0 Å². The van der Waals surface area contributed by atoms with Gasteiger partial charge in [-0.05, 0) is 43.5 Å². The lowest BCUT2D eigenvalue weighted by Gasteiger charge is -2.23. The summed E-state index contributed by atoms with van der Waals surface area (Å²) in [5.74, 6) is 0. The van der Waals surface area contributed by atoms with E-state index in [-0.39, 0.29) is 0 Å². The van der Waals surface area contributed by atoms with E-state index < -0.39 is 10.0 Å². The molecule has 2 rings (SSSR count). The summed E-state index contributed by atoms with van der Waals surface area (Å²) in [5, 5.41) is 3.51. The molecule has 1 aromatic carbocycles. The molecule has 2 N–H and O–H groups in total. The minimum absolute atomic E-state index is 0.562. The van der Waals surface area contributed by atoms with Gasteiger partial charge in [-0.2, -0.15) is 0 Å². The number of anilines is 1. The average Bonchev–Trinajstić information content (AvgIpc) is 2.31. The molecular weight excluding hydrogens is 248 g/mol. The van der Waals surface area contributed by atoms with Crippen molar-refractivity contribution >= 4 is 15.7 Å². The minimum Gasteiger partial charge on any atom is -0.314 e. The molecule has 1 aliphatic heterocycles. The highest BCUT2D eigenvalue weighted by Gasteiger charge is 2.12. The maximum Gasteiger partial charge on any atom is 0.229 e. The lowest BCUT2D eigenvalue weighted by molar-refractivity contribution is 0.399. The monoisotopic (exact) mass is 268 g/mol. The SMILES string of the molecule is CS(=O)(=O)Nc1ccc(CC2CCCCN2)cc1. The molecule has 0 aliphatic carbocycles. The highest BCUT2D eigenvalue weighted by Crippen LogP contribution is 2.15. The Balaban J connectivity index is 1.94. The second-order valence-corrected chi connectivity index (χ2v) is 6.67. The highest BCUT2D eigenvalue weighted by atomic mass is 32.2. The lowest BCUT2D eigenvalue weighted by atomic mass is 9.98. The van der Waals surface area contributed by atoms with Crippen LogP contribution in [0.4, 0.5) is 5.69 Å². The van der Waals surface area contributed by atoms with Gasteiger partial charge in [0.15, 0.2) is 0 Å². The maximum absolute atomic E-state index is 11.1. The quantitative estimate of drug-likeness (QED) is 0.874. The van der Waals surface area contributed by atoms with Gasteiger partial charge >= 0.3 is 0 Å². The third kappa shape index (κ3) is 4.31. The maximum atomic E-state index is 11.1. The highest BCUT2D eigenvalue weighted by molar-refractivity contribution is 7.92. The Hall–Kier alpha value is -1.07. The predicted octanol–water partition coefficient (Wildman–Crippen LogP) is 1.74. The van der Waals surface area contributed by atoms with E-state index in [2.05, 4.69) is 10.0 Å². The molecule has 18 heavy (non-hydrogen) atoms. The first kappa shape index (κ1) is 13.4. The Morgan fingerprint density at radius 1 is 1.28 bits per heavy atom. The zero-order valence-corrected chi connectivity index (χ0v) is 11.5. The van der Waals surface area contributed by atoms with Crippen molar-refractivity contribution in [2.45, 2.75) is 31.7 Å².